The molecular formula is C14H15BrN2OS. The van der Waals surface area contributed by atoms with E-state index in [1.54, 1.807) is 22.6 Å². The van der Waals surface area contributed by atoms with Crippen molar-refractivity contribution in [2.75, 3.05) is 5.75 Å². The van der Waals surface area contributed by atoms with Crippen LogP contribution in [0.25, 0.3) is 0 Å². The van der Waals surface area contributed by atoms with Gasteiger partial charge in [-0.1, -0.05) is 17.7 Å². The number of ketones is 1. The summed E-state index contributed by atoms with van der Waals surface area (Å²) >= 11 is 4.94. The number of rotatable bonds is 5. The normalized spacial score (nSPS) is 10.7. The molecule has 0 aliphatic heterocycles. The van der Waals surface area contributed by atoms with Gasteiger partial charge >= 0.3 is 0 Å². The van der Waals surface area contributed by atoms with Gasteiger partial charge in [-0.2, -0.15) is 5.10 Å². The molecule has 0 N–H and O–H groups in total. The van der Waals surface area contributed by atoms with Gasteiger partial charge in [0.25, 0.3) is 0 Å². The van der Waals surface area contributed by atoms with Gasteiger partial charge < -0.3 is 0 Å². The summed E-state index contributed by atoms with van der Waals surface area (Å²) < 4.78 is 2.49. The number of nitrogens with zero attached hydrogens (tertiary/aromatic N) is 2. The predicted molar refractivity (Wildman–Crippen MR) is 81.8 cm³/mol. The molecule has 0 amide bonds. The number of Topliss-reactive ketones (excluding diaryl/α,β-unsaturated/α-hetero) is 1. The highest BCUT2D eigenvalue weighted by Gasteiger charge is 2.16. The van der Waals surface area contributed by atoms with Crippen molar-refractivity contribution < 1.29 is 4.79 Å². The van der Waals surface area contributed by atoms with Gasteiger partial charge in [-0.3, -0.25) is 9.48 Å². The van der Waals surface area contributed by atoms with E-state index in [0.717, 1.165) is 9.37 Å². The molecule has 0 bridgehead atoms. The molecule has 0 aliphatic rings. The summed E-state index contributed by atoms with van der Waals surface area (Å²) in [6.07, 6.45) is 1.67. The van der Waals surface area contributed by atoms with E-state index in [1.165, 1.54) is 5.56 Å². The lowest BCUT2D eigenvalue weighted by Gasteiger charge is -2.05. The molecule has 0 atom stereocenters. The van der Waals surface area contributed by atoms with E-state index >= 15 is 0 Å². The second kappa shape index (κ2) is 6.39. The van der Waals surface area contributed by atoms with Gasteiger partial charge in [0.15, 0.2) is 5.78 Å². The Hall–Kier alpha value is -1.07. The number of hydrogen-bond donors (Lipinski definition) is 0. The second-order valence-electron chi connectivity index (χ2n) is 4.19. The van der Waals surface area contributed by atoms with Crippen LogP contribution >= 0.6 is 27.7 Å². The van der Waals surface area contributed by atoms with E-state index in [2.05, 4.69) is 40.1 Å². The summed E-state index contributed by atoms with van der Waals surface area (Å²) in [5, 5.41) is 4.16. The molecule has 100 valence electrons. The molecule has 0 unspecified atom stereocenters. The van der Waals surface area contributed by atoms with E-state index in [1.807, 2.05) is 19.1 Å². The molecule has 0 saturated heterocycles. The highest BCUT2D eigenvalue weighted by molar-refractivity contribution is 9.10. The maximum Gasteiger partial charge on any atom is 0.192 e. The number of halogens is 1. The standard InChI is InChI=1S/C14H15BrN2OS/c1-3-17-14(12(15)8-16-17)13(18)9-19-11-6-4-5-10(2)7-11/h4-8H,3,9H2,1-2H3. The van der Waals surface area contributed by atoms with Crippen LogP contribution < -0.4 is 0 Å². The summed E-state index contributed by atoms with van der Waals surface area (Å²) in [6.45, 7) is 4.72. The van der Waals surface area contributed by atoms with Gasteiger partial charge in [0, 0.05) is 11.4 Å². The molecule has 3 nitrogen and oxygen atoms in total. The largest absolute Gasteiger partial charge is 0.291 e. The van der Waals surface area contributed by atoms with Crippen LogP contribution in [0.15, 0.2) is 39.8 Å². The van der Waals surface area contributed by atoms with Crippen molar-refractivity contribution in [1.82, 2.24) is 9.78 Å². The quantitative estimate of drug-likeness (QED) is 0.611. The zero-order chi connectivity index (χ0) is 13.8. The average Bonchev–Trinajstić information content (AvgIpc) is 2.77. The number of hydrogen-bond acceptors (Lipinski definition) is 3. The van der Waals surface area contributed by atoms with Crippen molar-refractivity contribution in [2.24, 2.45) is 0 Å². The van der Waals surface area contributed by atoms with Crippen molar-refractivity contribution in [1.29, 1.82) is 0 Å². The second-order valence-corrected chi connectivity index (χ2v) is 6.09. The molecule has 1 aromatic carbocycles. The van der Waals surface area contributed by atoms with Gasteiger partial charge in [0.2, 0.25) is 0 Å². The number of benzene rings is 1. The average molecular weight is 339 g/mol. The van der Waals surface area contributed by atoms with Crippen molar-refractivity contribution in [3.63, 3.8) is 0 Å². The van der Waals surface area contributed by atoms with Gasteiger partial charge in [-0.05, 0) is 41.9 Å². The Morgan fingerprint density at radius 3 is 2.95 bits per heavy atom. The Morgan fingerprint density at radius 1 is 1.47 bits per heavy atom. The van der Waals surface area contributed by atoms with Crippen LogP contribution in [0.5, 0.6) is 0 Å². The third-order valence-electron chi connectivity index (χ3n) is 2.72. The van der Waals surface area contributed by atoms with Crippen LogP contribution in [0, 0.1) is 6.92 Å². The van der Waals surface area contributed by atoms with Gasteiger partial charge in [0.1, 0.15) is 5.69 Å². The Bertz CT molecular complexity index is 595. The van der Waals surface area contributed by atoms with E-state index < -0.39 is 0 Å². The first kappa shape index (κ1) is 14.3. The first-order valence-electron chi connectivity index (χ1n) is 6.05. The van der Waals surface area contributed by atoms with Crippen LogP contribution in [0.4, 0.5) is 0 Å². The minimum Gasteiger partial charge on any atom is -0.291 e. The molecular weight excluding hydrogens is 324 g/mol. The van der Waals surface area contributed by atoms with Crippen molar-refractivity contribution in [3.8, 4) is 0 Å². The monoisotopic (exact) mass is 338 g/mol. The van der Waals surface area contributed by atoms with Crippen LogP contribution in [0.2, 0.25) is 0 Å². The fourth-order valence-corrected chi connectivity index (χ4v) is 3.20. The molecule has 1 heterocycles. The molecule has 0 spiro atoms. The van der Waals surface area contributed by atoms with E-state index in [0.29, 0.717) is 18.0 Å². The van der Waals surface area contributed by atoms with E-state index in [4.69, 9.17) is 0 Å². The first-order valence-corrected chi connectivity index (χ1v) is 7.83. The number of aryl methyl sites for hydroxylation is 2. The highest BCUT2D eigenvalue weighted by atomic mass is 79.9. The molecule has 5 heteroatoms. The number of carbonyl (C=O) groups is 1. The lowest BCUT2D eigenvalue weighted by atomic mass is 10.2. The topological polar surface area (TPSA) is 34.9 Å². The minimum absolute atomic E-state index is 0.0951. The molecule has 0 saturated carbocycles. The van der Waals surface area contributed by atoms with Gasteiger partial charge in [-0.25, -0.2) is 0 Å². The predicted octanol–water partition coefficient (Wildman–Crippen LogP) is 3.95. The van der Waals surface area contributed by atoms with Gasteiger partial charge in [0.05, 0.1) is 16.4 Å². The Balaban J connectivity index is 2.07. The van der Waals surface area contributed by atoms with Gasteiger partial charge in [-0.15, -0.1) is 11.8 Å². The molecule has 0 radical (unpaired) electrons. The fraction of sp³-hybridized carbons (Fsp3) is 0.286. The van der Waals surface area contributed by atoms with Crippen LogP contribution in [0.1, 0.15) is 23.0 Å². The lowest BCUT2D eigenvalue weighted by molar-refractivity contribution is 0.101. The third-order valence-corrected chi connectivity index (χ3v) is 4.29. The maximum atomic E-state index is 12.3. The van der Waals surface area contributed by atoms with Crippen LogP contribution in [0.3, 0.4) is 0 Å². The zero-order valence-electron chi connectivity index (χ0n) is 10.9. The van der Waals surface area contributed by atoms with Crippen molar-refractivity contribution in [2.45, 2.75) is 25.3 Å². The molecule has 0 fully saturated rings. The Morgan fingerprint density at radius 2 is 2.26 bits per heavy atom. The summed E-state index contributed by atoms with van der Waals surface area (Å²) in [7, 11) is 0. The third kappa shape index (κ3) is 3.48. The summed E-state index contributed by atoms with van der Waals surface area (Å²) in [4.78, 5) is 13.4. The summed E-state index contributed by atoms with van der Waals surface area (Å²) in [6, 6.07) is 8.17. The maximum absolute atomic E-state index is 12.3. The molecule has 1 aromatic heterocycles. The van der Waals surface area contributed by atoms with Crippen molar-refractivity contribution >= 4 is 33.5 Å². The minimum atomic E-state index is 0.0951. The number of carbonyl (C=O) groups excluding carboxylic acids is 1. The highest BCUT2D eigenvalue weighted by Crippen LogP contribution is 2.23. The van der Waals surface area contributed by atoms with Crippen molar-refractivity contribution in [3.05, 3.63) is 46.2 Å². The smallest absolute Gasteiger partial charge is 0.192 e. The number of aromatic nitrogens is 2. The SMILES string of the molecule is CCn1ncc(Br)c1C(=O)CSc1cccc(C)c1. The molecule has 2 aromatic rings. The Kier molecular flexibility index (Phi) is 4.82. The molecule has 19 heavy (non-hydrogen) atoms. The fourth-order valence-electron chi connectivity index (χ4n) is 1.80. The zero-order valence-corrected chi connectivity index (χ0v) is 13.3. The first-order chi connectivity index (χ1) is 9.11. The molecule has 0 aliphatic carbocycles. The lowest BCUT2D eigenvalue weighted by Crippen LogP contribution is -2.12. The van der Waals surface area contributed by atoms with E-state index in [-0.39, 0.29) is 5.78 Å². The number of thioether (sulfide) groups is 1. The Labute approximate surface area is 125 Å². The van der Waals surface area contributed by atoms with E-state index in [9.17, 15) is 4.79 Å². The van der Waals surface area contributed by atoms with Crippen LogP contribution in [-0.4, -0.2) is 21.3 Å². The van der Waals surface area contributed by atoms with Crippen LogP contribution in [-0.2, 0) is 6.54 Å². The summed E-state index contributed by atoms with van der Waals surface area (Å²) in [5.74, 6) is 0.519. The summed E-state index contributed by atoms with van der Waals surface area (Å²) in [5.41, 5.74) is 1.86. The molecule has 2 rings (SSSR count).